The molecule has 0 saturated heterocycles. The molecule has 0 spiro atoms. The molecule has 0 aliphatic heterocycles. The summed E-state index contributed by atoms with van der Waals surface area (Å²) in [5, 5.41) is 15.9. The average Bonchev–Trinajstić information content (AvgIpc) is 2.93. The number of anilines is 1. The molecule has 1 atom stereocenters. The molecular weight excluding hydrogens is 292 g/mol. The van der Waals surface area contributed by atoms with Crippen LogP contribution in [0.5, 0.6) is 0 Å². The number of aromatic nitrogens is 2. The Bertz CT molecular complexity index is 726. The summed E-state index contributed by atoms with van der Waals surface area (Å²) in [6.07, 6.45) is 1.42. The molecular formula is C16H20N6O. The minimum Gasteiger partial charge on any atom is -0.382 e. The lowest BCUT2D eigenvalue weighted by atomic mass is 10.2. The van der Waals surface area contributed by atoms with Gasteiger partial charge in [0.25, 0.3) is 5.91 Å². The second-order valence-corrected chi connectivity index (χ2v) is 5.54. The molecule has 7 nitrogen and oxygen atoms in total. The summed E-state index contributed by atoms with van der Waals surface area (Å²) in [7, 11) is 3.94. The number of nitrogens with one attached hydrogen (secondary N) is 1. The molecule has 0 bridgehead atoms. The van der Waals surface area contributed by atoms with Crippen molar-refractivity contribution in [1.82, 2.24) is 20.0 Å². The first-order chi connectivity index (χ1) is 10.9. The van der Waals surface area contributed by atoms with Gasteiger partial charge in [-0.15, -0.1) is 0 Å². The fourth-order valence-corrected chi connectivity index (χ4v) is 1.93. The lowest BCUT2D eigenvalue weighted by Crippen LogP contribution is -2.38. The fraction of sp³-hybridized carbons (Fsp3) is 0.312. The minimum atomic E-state index is -0.128. The number of nitrogen functional groups attached to an aromatic ring is 1. The Morgan fingerprint density at radius 1 is 1.43 bits per heavy atom. The van der Waals surface area contributed by atoms with Crippen molar-refractivity contribution < 1.29 is 4.79 Å². The van der Waals surface area contributed by atoms with Gasteiger partial charge in [0, 0.05) is 18.2 Å². The van der Waals surface area contributed by atoms with Crippen molar-refractivity contribution in [1.29, 1.82) is 5.26 Å². The molecule has 7 heteroatoms. The van der Waals surface area contributed by atoms with E-state index in [1.165, 1.54) is 10.9 Å². The number of nitrogens with two attached hydrogens (primary N) is 1. The lowest BCUT2D eigenvalue weighted by Gasteiger charge is -2.20. The van der Waals surface area contributed by atoms with Crippen LogP contribution in [0.25, 0.3) is 5.69 Å². The minimum absolute atomic E-state index is 0.128. The highest BCUT2D eigenvalue weighted by atomic mass is 16.1. The summed E-state index contributed by atoms with van der Waals surface area (Å²) < 4.78 is 1.47. The molecule has 0 aliphatic rings. The van der Waals surface area contributed by atoms with E-state index < -0.39 is 0 Å². The van der Waals surface area contributed by atoms with E-state index in [0.717, 1.165) is 0 Å². The summed E-state index contributed by atoms with van der Waals surface area (Å²) >= 11 is 0. The summed E-state index contributed by atoms with van der Waals surface area (Å²) in [4.78, 5) is 14.2. The van der Waals surface area contributed by atoms with E-state index >= 15 is 0 Å². The SMILES string of the molecule is C[C@@H](CNC(=O)c1ccc(-n2ncc(C#N)c2N)cc1)N(C)C. The first-order valence-electron chi connectivity index (χ1n) is 7.22. The molecule has 0 saturated carbocycles. The molecule has 1 aromatic carbocycles. The van der Waals surface area contributed by atoms with Gasteiger partial charge in [-0.05, 0) is 45.3 Å². The van der Waals surface area contributed by atoms with Gasteiger partial charge in [-0.2, -0.15) is 10.4 Å². The standard InChI is InChI=1S/C16H20N6O/c1-11(21(2)3)9-19-16(23)12-4-6-14(7-5-12)22-15(18)13(8-17)10-20-22/h4-7,10-11H,9,18H2,1-3H3,(H,19,23)/t11-/m0/s1. The Balaban J connectivity index is 2.09. The van der Waals surface area contributed by atoms with Crippen molar-refractivity contribution in [3.63, 3.8) is 0 Å². The van der Waals surface area contributed by atoms with Crippen LogP contribution in [0.1, 0.15) is 22.8 Å². The van der Waals surface area contributed by atoms with Crippen LogP contribution < -0.4 is 11.1 Å². The summed E-state index contributed by atoms with van der Waals surface area (Å²) in [6, 6.07) is 9.13. The van der Waals surface area contributed by atoms with E-state index in [4.69, 9.17) is 11.0 Å². The maximum atomic E-state index is 12.1. The number of hydrogen-bond acceptors (Lipinski definition) is 5. The Labute approximate surface area is 135 Å². The molecule has 2 aromatic rings. The first kappa shape index (κ1) is 16.5. The lowest BCUT2D eigenvalue weighted by molar-refractivity contribution is 0.0943. The molecule has 1 amide bonds. The van der Waals surface area contributed by atoms with Crippen molar-refractivity contribution in [3.8, 4) is 11.8 Å². The number of likely N-dealkylation sites (N-methyl/N-ethyl adjacent to an activating group) is 1. The maximum absolute atomic E-state index is 12.1. The van der Waals surface area contributed by atoms with Crippen LogP contribution in [-0.2, 0) is 0 Å². The van der Waals surface area contributed by atoms with Crippen LogP contribution in [0.4, 0.5) is 5.82 Å². The van der Waals surface area contributed by atoms with Crippen LogP contribution in [0.15, 0.2) is 30.5 Å². The van der Waals surface area contributed by atoms with Gasteiger partial charge in [0.2, 0.25) is 0 Å². The molecule has 120 valence electrons. The Kier molecular flexibility index (Phi) is 4.98. The zero-order valence-electron chi connectivity index (χ0n) is 13.4. The number of hydrogen-bond donors (Lipinski definition) is 2. The Morgan fingerprint density at radius 2 is 2.09 bits per heavy atom. The van der Waals surface area contributed by atoms with Gasteiger partial charge in [-0.1, -0.05) is 0 Å². The van der Waals surface area contributed by atoms with E-state index in [1.807, 2.05) is 32.0 Å². The van der Waals surface area contributed by atoms with Gasteiger partial charge < -0.3 is 16.0 Å². The third-order valence-electron chi connectivity index (χ3n) is 3.74. The van der Waals surface area contributed by atoms with Crippen molar-refractivity contribution in [2.75, 3.05) is 26.4 Å². The molecule has 0 fully saturated rings. The van der Waals surface area contributed by atoms with Gasteiger partial charge in [0.1, 0.15) is 17.5 Å². The fourth-order valence-electron chi connectivity index (χ4n) is 1.93. The number of rotatable bonds is 5. The second kappa shape index (κ2) is 6.94. The molecule has 0 radical (unpaired) electrons. The Morgan fingerprint density at radius 3 is 2.61 bits per heavy atom. The largest absolute Gasteiger partial charge is 0.382 e. The normalized spacial score (nSPS) is 12.0. The van der Waals surface area contributed by atoms with Gasteiger partial charge >= 0.3 is 0 Å². The van der Waals surface area contributed by atoms with Crippen molar-refractivity contribution in [2.24, 2.45) is 0 Å². The van der Waals surface area contributed by atoms with E-state index in [-0.39, 0.29) is 17.8 Å². The zero-order chi connectivity index (χ0) is 17.0. The summed E-state index contributed by atoms with van der Waals surface area (Å²) in [5.74, 6) is 0.154. The molecule has 1 aromatic heterocycles. The van der Waals surface area contributed by atoms with E-state index in [0.29, 0.717) is 23.4 Å². The Hall–Kier alpha value is -2.85. The highest BCUT2D eigenvalue weighted by Crippen LogP contribution is 2.16. The first-order valence-corrected chi connectivity index (χ1v) is 7.22. The van der Waals surface area contributed by atoms with E-state index in [1.54, 1.807) is 24.3 Å². The van der Waals surface area contributed by atoms with E-state index in [9.17, 15) is 4.79 Å². The van der Waals surface area contributed by atoms with Crippen molar-refractivity contribution >= 4 is 11.7 Å². The van der Waals surface area contributed by atoms with Gasteiger partial charge in [-0.25, -0.2) is 4.68 Å². The van der Waals surface area contributed by atoms with Crippen LogP contribution in [0.3, 0.4) is 0 Å². The monoisotopic (exact) mass is 312 g/mol. The molecule has 0 unspecified atom stereocenters. The number of nitriles is 1. The molecule has 0 aliphatic carbocycles. The van der Waals surface area contributed by atoms with Crippen molar-refractivity contribution in [3.05, 3.63) is 41.6 Å². The van der Waals surface area contributed by atoms with Crippen LogP contribution in [-0.4, -0.2) is 47.3 Å². The highest BCUT2D eigenvalue weighted by molar-refractivity contribution is 5.94. The third kappa shape index (κ3) is 3.67. The smallest absolute Gasteiger partial charge is 0.251 e. The number of nitrogens with zero attached hydrogens (tertiary/aromatic N) is 4. The molecule has 3 N–H and O–H groups in total. The van der Waals surface area contributed by atoms with Gasteiger partial charge in [0.15, 0.2) is 0 Å². The summed E-state index contributed by atoms with van der Waals surface area (Å²) in [6.45, 7) is 2.61. The highest BCUT2D eigenvalue weighted by Gasteiger charge is 2.11. The van der Waals surface area contributed by atoms with Crippen LogP contribution in [0, 0.1) is 11.3 Å². The zero-order valence-corrected chi connectivity index (χ0v) is 13.4. The number of carbonyl (C=O) groups is 1. The van der Waals surface area contributed by atoms with Crippen LogP contribution in [0.2, 0.25) is 0 Å². The third-order valence-corrected chi connectivity index (χ3v) is 3.74. The molecule has 2 rings (SSSR count). The van der Waals surface area contributed by atoms with Gasteiger partial charge in [-0.3, -0.25) is 4.79 Å². The summed E-state index contributed by atoms with van der Waals surface area (Å²) in [5.41, 5.74) is 7.43. The maximum Gasteiger partial charge on any atom is 0.251 e. The second-order valence-electron chi connectivity index (χ2n) is 5.54. The number of amides is 1. The van der Waals surface area contributed by atoms with E-state index in [2.05, 4.69) is 10.4 Å². The average molecular weight is 312 g/mol. The van der Waals surface area contributed by atoms with Crippen molar-refractivity contribution in [2.45, 2.75) is 13.0 Å². The quantitative estimate of drug-likeness (QED) is 0.858. The number of carbonyl (C=O) groups excluding carboxylic acids is 1. The topological polar surface area (TPSA) is 100.0 Å². The molecule has 1 heterocycles. The number of benzene rings is 1. The molecule has 23 heavy (non-hydrogen) atoms. The predicted molar refractivity (Wildman–Crippen MR) is 88.2 cm³/mol. The predicted octanol–water partition coefficient (Wildman–Crippen LogP) is 1.01. The van der Waals surface area contributed by atoms with Crippen LogP contribution >= 0.6 is 0 Å². The van der Waals surface area contributed by atoms with Gasteiger partial charge in [0.05, 0.1) is 11.9 Å².